The third kappa shape index (κ3) is 8.63. The summed E-state index contributed by atoms with van der Waals surface area (Å²) in [6.45, 7) is 0. The number of benzene rings is 2. The van der Waals surface area contributed by atoms with Crippen molar-refractivity contribution in [3.8, 4) is 11.1 Å². The maximum Gasteiger partial charge on any atom is 0.0393 e. The van der Waals surface area contributed by atoms with Crippen LogP contribution in [0.15, 0.2) is 48.5 Å². The second kappa shape index (κ2) is 16.4. The molecule has 2 aromatic rings. The standard InChI is InChI=1S/C18H33P.C12H10N.ClH.Pd/c1-4-10-16(11-5-1)19(17-12-6-2-7-13-17)18-14-8-3-9-15-18;13-12-9-5-4-8-11(12)10-6-2-1-3-7-10;;/h16-18H,1-15H2;1-6,8-9H,13H2;1H;/p-1. The first kappa shape index (κ1) is 29.9. The second-order valence-corrected chi connectivity index (χ2v) is 13.3. The maximum atomic E-state index is 5.83. The van der Waals surface area contributed by atoms with Crippen LogP contribution in [0, 0.1) is 6.07 Å². The first-order chi connectivity index (χ1) is 15.8. The molecule has 5 rings (SSSR count). The van der Waals surface area contributed by atoms with Crippen molar-refractivity contribution in [1.82, 2.24) is 0 Å². The third-order valence-corrected chi connectivity index (χ3v) is 12.0. The summed E-state index contributed by atoms with van der Waals surface area (Å²) in [5, 5.41) is 0. The van der Waals surface area contributed by atoms with Crippen LogP contribution in [0.5, 0.6) is 0 Å². The molecule has 0 aromatic heterocycles. The molecule has 0 bridgehead atoms. The Bertz CT molecular complexity index is 741. The topological polar surface area (TPSA) is 26.0 Å². The summed E-state index contributed by atoms with van der Waals surface area (Å²) < 4.78 is 0. The number of halogens is 1. The van der Waals surface area contributed by atoms with E-state index in [1.807, 2.05) is 48.5 Å². The van der Waals surface area contributed by atoms with Gasteiger partial charge in [-0.3, -0.25) is 0 Å². The van der Waals surface area contributed by atoms with Crippen LogP contribution in [0.1, 0.15) is 96.3 Å². The molecule has 0 aliphatic heterocycles. The first-order valence-corrected chi connectivity index (χ1v) is 15.0. The number of rotatable bonds is 4. The summed E-state index contributed by atoms with van der Waals surface area (Å²) in [6, 6.07) is 18.8. The van der Waals surface area contributed by atoms with Crippen LogP contribution in [0.25, 0.3) is 11.1 Å². The largest absolute Gasteiger partial charge is 1.00 e. The number of anilines is 1. The van der Waals surface area contributed by atoms with Crippen LogP contribution in [0.4, 0.5) is 5.69 Å². The molecule has 1 radical (unpaired) electrons. The molecule has 3 aliphatic carbocycles. The minimum atomic E-state index is 0. The van der Waals surface area contributed by atoms with E-state index in [-0.39, 0.29) is 32.8 Å². The Morgan fingerprint density at radius 2 is 1.06 bits per heavy atom. The zero-order valence-electron chi connectivity index (χ0n) is 20.7. The van der Waals surface area contributed by atoms with Crippen LogP contribution < -0.4 is 18.1 Å². The maximum absolute atomic E-state index is 5.83. The van der Waals surface area contributed by atoms with Crippen molar-refractivity contribution in [2.24, 2.45) is 0 Å². The summed E-state index contributed by atoms with van der Waals surface area (Å²) in [4.78, 5) is 0. The summed E-state index contributed by atoms with van der Waals surface area (Å²) in [7, 11) is 0.385. The predicted molar refractivity (Wildman–Crippen MR) is 143 cm³/mol. The molecule has 0 atom stereocenters. The fourth-order valence-corrected chi connectivity index (χ4v) is 11.0. The molecule has 1 nitrogen and oxygen atoms in total. The molecule has 0 saturated heterocycles. The molecule has 0 spiro atoms. The smallest absolute Gasteiger partial charge is 0.0393 e. The average Bonchev–Trinajstić information content (AvgIpc) is 2.87. The van der Waals surface area contributed by atoms with E-state index in [1.165, 1.54) is 36.2 Å². The van der Waals surface area contributed by atoms with Crippen molar-refractivity contribution < 1.29 is 32.8 Å². The van der Waals surface area contributed by atoms with Gasteiger partial charge in [-0.05, 0) is 73.2 Å². The molecule has 0 amide bonds. The van der Waals surface area contributed by atoms with Crippen LogP contribution >= 0.6 is 7.92 Å². The van der Waals surface area contributed by atoms with Crippen LogP contribution in [-0.4, -0.2) is 17.0 Å². The Balaban J connectivity index is 0.000000241. The van der Waals surface area contributed by atoms with Gasteiger partial charge in [0, 0.05) is 31.7 Å². The summed E-state index contributed by atoms with van der Waals surface area (Å²) in [6.07, 6.45) is 23.6. The van der Waals surface area contributed by atoms with Crippen LogP contribution in [0.3, 0.4) is 0 Å². The summed E-state index contributed by atoms with van der Waals surface area (Å²) in [5.41, 5.74) is 12.3. The van der Waals surface area contributed by atoms with Crippen molar-refractivity contribution in [2.75, 3.05) is 5.73 Å². The van der Waals surface area contributed by atoms with Crippen molar-refractivity contribution >= 4 is 13.6 Å². The number of para-hydroxylation sites is 1. The number of nitrogens with two attached hydrogens (primary N) is 1. The molecule has 3 aliphatic rings. The normalized spacial score (nSPS) is 19.9. The predicted octanol–water partition coefficient (Wildman–Crippen LogP) is 6.20. The molecule has 2 aromatic carbocycles. The Morgan fingerprint density at radius 3 is 1.47 bits per heavy atom. The van der Waals surface area contributed by atoms with Gasteiger partial charge in [-0.25, -0.2) is 0 Å². The Kier molecular flexibility index (Phi) is 14.4. The molecule has 2 N–H and O–H groups in total. The first-order valence-electron chi connectivity index (χ1n) is 13.4. The van der Waals surface area contributed by atoms with Crippen LogP contribution in [-0.2, 0) is 20.4 Å². The Labute approximate surface area is 230 Å². The number of hydrogen-bond acceptors (Lipinski definition) is 1. The van der Waals surface area contributed by atoms with E-state index in [0.29, 0.717) is 7.92 Å². The zero-order valence-corrected chi connectivity index (χ0v) is 23.9. The van der Waals surface area contributed by atoms with Gasteiger partial charge in [0.15, 0.2) is 0 Å². The van der Waals surface area contributed by atoms with Gasteiger partial charge in [-0.2, -0.15) is 0 Å². The van der Waals surface area contributed by atoms with Gasteiger partial charge in [-0.1, -0.05) is 108 Å². The van der Waals surface area contributed by atoms with E-state index < -0.39 is 0 Å². The molecular weight excluding hydrogens is 547 g/mol. The molecule has 0 heterocycles. The van der Waals surface area contributed by atoms with Gasteiger partial charge in [0.25, 0.3) is 0 Å². The van der Waals surface area contributed by atoms with Crippen LogP contribution in [0.2, 0.25) is 0 Å². The molecule has 0 unspecified atom stereocenters. The van der Waals surface area contributed by atoms with E-state index in [9.17, 15) is 0 Å². The van der Waals surface area contributed by atoms with E-state index in [1.54, 1.807) is 77.0 Å². The fourth-order valence-electron chi connectivity index (χ4n) is 6.34. The Hall–Kier alpha value is -0.378. The quantitative estimate of drug-likeness (QED) is 0.256. The van der Waals surface area contributed by atoms with Gasteiger partial charge < -0.3 is 18.1 Å². The zero-order chi connectivity index (χ0) is 22.0. The van der Waals surface area contributed by atoms with E-state index in [4.69, 9.17) is 5.73 Å². The molecular formula is C30H43ClNPPd-. The van der Waals surface area contributed by atoms with E-state index in [2.05, 4.69) is 6.07 Å². The fraction of sp³-hybridized carbons (Fsp3) is 0.600. The summed E-state index contributed by atoms with van der Waals surface area (Å²) in [5.74, 6) is 0. The SMILES string of the molecule is C1CCC(P(C2CCCCC2)C2CCCCC2)CC1.Nc1ccccc1-c1[c]cccc1.[Cl-].[Pd]. The minimum Gasteiger partial charge on any atom is -1.00 e. The van der Waals surface area contributed by atoms with Crippen molar-refractivity contribution in [3.05, 3.63) is 54.6 Å². The van der Waals surface area contributed by atoms with Crippen molar-refractivity contribution in [2.45, 2.75) is 113 Å². The third-order valence-electron chi connectivity index (χ3n) is 7.95. The Morgan fingerprint density at radius 1 is 0.618 bits per heavy atom. The van der Waals surface area contributed by atoms with E-state index in [0.717, 1.165) is 16.8 Å². The molecule has 3 saturated carbocycles. The van der Waals surface area contributed by atoms with E-state index >= 15 is 0 Å². The van der Waals surface area contributed by atoms with Crippen molar-refractivity contribution in [3.63, 3.8) is 0 Å². The van der Waals surface area contributed by atoms with Gasteiger partial charge in [0.2, 0.25) is 0 Å². The monoisotopic (exact) mass is 589 g/mol. The number of hydrogen-bond donors (Lipinski definition) is 1. The summed E-state index contributed by atoms with van der Waals surface area (Å²) >= 11 is 0. The molecule has 34 heavy (non-hydrogen) atoms. The molecule has 3 fully saturated rings. The van der Waals surface area contributed by atoms with Gasteiger partial charge in [0.1, 0.15) is 0 Å². The molecule has 191 valence electrons. The average molecular weight is 591 g/mol. The second-order valence-electron chi connectivity index (χ2n) is 10.2. The number of nitrogen functional groups attached to an aromatic ring is 1. The van der Waals surface area contributed by atoms with Gasteiger partial charge in [0.05, 0.1) is 0 Å². The van der Waals surface area contributed by atoms with Crippen molar-refractivity contribution in [1.29, 1.82) is 0 Å². The minimum absolute atomic E-state index is 0. The van der Waals surface area contributed by atoms with Gasteiger partial charge >= 0.3 is 0 Å². The molecule has 4 heteroatoms. The van der Waals surface area contributed by atoms with Gasteiger partial charge in [-0.15, -0.1) is 0 Å².